The van der Waals surface area contributed by atoms with Crippen LogP contribution >= 0.6 is 39.3 Å². The van der Waals surface area contributed by atoms with E-state index >= 15 is 0 Å². The summed E-state index contributed by atoms with van der Waals surface area (Å²) >= 11 is 11.6. The Balaban J connectivity index is 1.58. The van der Waals surface area contributed by atoms with Gasteiger partial charge in [0.2, 0.25) is 11.1 Å². The van der Waals surface area contributed by atoms with Crippen molar-refractivity contribution >= 4 is 51.0 Å². The van der Waals surface area contributed by atoms with Crippen LogP contribution in [0.1, 0.15) is 64.1 Å². The largest absolute Gasteiger partial charge is 0.490 e. The summed E-state index contributed by atoms with van der Waals surface area (Å²) in [5.74, 6) is 2.67. The van der Waals surface area contributed by atoms with E-state index in [0.717, 1.165) is 39.7 Å². The first-order chi connectivity index (χ1) is 18.7. The average molecular weight is 632 g/mol. The van der Waals surface area contributed by atoms with Crippen LogP contribution in [0.3, 0.4) is 0 Å². The van der Waals surface area contributed by atoms with Crippen molar-refractivity contribution in [3.05, 3.63) is 68.3 Å². The third kappa shape index (κ3) is 5.86. The van der Waals surface area contributed by atoms with Gasteiger partial charge >= 0.3 is 0 Å². The number of nitrogens with one attached hydrogen (secondary N) is 1. The zero-order valence-corrected chi connectivity index (χ0v) is 25.7. The van der Waals surface area contributed by atoms with E-state index in [1.165, 1.54) is 11.8 Å². The fraction of sp³-hybridized carbons (Fsp3) is 0.414. The van der Waals surface area contributed by atoms with E-state index in [1.54, 1.807) is 0 Å². The molecule has 39 heavy (non-hydrogen) atoms. The Morgan fingerprint density at radius 1 is 1.21 bits per heavy atom. The summed E-state index contributed by atoms with van der Waals surface area (Å²) in [7, 11) is 0. The molecule has 1 aliphatic carbocycles. The molecule has 10 heteroatoms. The summed E-state index contributed by atoms with van der Waals surface area (Å²) < 4.78 is 14.6. The number of allylic oxidation sites excluding steroid dienone is 2. The molecule has 1 unspecified atom stereocenters. The number of benzene rings is 2. The molecule has 0 amide bonds. The fourth-order valence-electron chi connectivity index (χ4n) is 5.07. The smallest absolute Gasteiger partial charge is 0.227 e. The number of hydrogen-bond acceptors (Lipinski definition) is 7. The van der Waals surface area contributed by atoms with Gasteiger partial charge in [0, 0.05) is 28.5 Å². The number of Topliss-reactive ketones (excluding diaryl/α,β-unsaturated/α-hetero) is 1. The summed E-state index contributed by atoms with van der Waals surface area (Å²) in [4.78, 5) is 18.5. The zero-order valence-electron chi connectivity index (χ0n) is 22.5. The molecule has 1 N–H and O–H groups in total. The highest BCUT2D eigenvalue weighted by atomic mass is 79.9. The second-order valence-electron chi connectivity index (χ2n) is 10.5. The summed E-state index contributed by atoms with van der Waals surface area (Å²) in [5.41, 5.74) is 3.38. The Labute approximate surface area is 246 Å². The van der Waals surface area contributed by atoms with Gasteiger partial charge in [-0.15, -0.1) is 5.10 Å². The van der Waals surface area contributed by atoms with Crippen molar-refractivity contribution in [1.82, 2.24) is 14.8 Å². The monoisotopic (exact) mass is 630 g/mol. The van der Waals surface area contributed by atoms with Gasteiger partial charge in [-0.1, -0.05) is 62.3 Å². The lowest BCUT2D eigenvalue weighted by atomic mass is 9.73. The second-order valence-corrected chi connectivity index (χ2v) is 12.7. The second kappa shape index (κ2) is 11.6. The van der Waals surface area contributed by atoms with E-state index in [4.69, 9.17) is 31.2 Å². The maximum Gasteiger partial charge on any atom is 0.227 e. The number of ketones is 1. The third-order valence-corrected chi connectivity index (χ3v) is 8.57. The van der Waals surface area contributed by atoms with Crippen LogP contribution in [0.5, 0.6) is 11.5 Å². The molecule has 0 saturated carbocycles. The number of anilines is 1. The lowest BCUT2D eigenvalue weighted by molar-refractivity contribution is -0.118. The third-order valence-electron chi connectivity index (χ3n) is 6.73. The number of ether oxygens (including phenoxy) is 2. The molecule has 3 aromatic rings. The standard InChI is InChI=1S/C29H32BrClN4O3S/c1-5-11-38-26-19(30)12-18(13-23(26)37-6-2)25-24-21(14-29(3,4)15-22(24)36)32-27-33-28(34-35(25)27)39-16-17-9-7-8-10-20(17)31/h7-10,12-13,25H,5-6,11,14-16H2,1-4H3,(H,32,33,34). The van der Waals surface area contributed by atoms with Gasteiger partial charge in [-0.25, -0.2) is 4.68 Å². The van der Waals surface area contributed by atoms with Crippen LogP contribution in [-0.2, 0) is 10.5 Å². The zero-order chi connectivity index (χ0) is 27.7. The topological polar surface area (TPSA) is 78.3 Å². The summed E-state index contributed by atoms with van der Waals surface area (Å²) in [6.45, 7) is 9.32. The molecule has 0 saturated heterocycles. The van der Waals surface area contributed by atoms with Gasteiger partial charge in [-0.05, 0) is 70.4 Å². The first-order valence-corrected chi connectivity index (χ1v) is 15.3. The molecule has 1 aromatic heterocycles. The highest BCUT2D eigenvalue weighted by Gasteiger charge is 2.42. The number of carbonyl (C=O) groups excluding carboxylic acids is 1. The molecular formula is C29H32BrClN4O3S. The number of halogens is 2. The van der Waals surface area contributed by atoms with E-state index < -0.39 is 6.04 Å². The van der Waals surface area contributed by atoms with Crippen LogP contribution < -0.4 is 14.8 Å². The van der Waals surface area contributed by atoms with Crippen molar-refractivity contribution in [1.29, 1.82) is 0 Å². The van der Waals surface area contributed by atoms with Crippen LogP contribution in [0.2, 0.25) is 5.02 Å². The van der Waals surface area contributed by atoms with E-state index in [9.17, 15) is 4.79 Å². The number of rotatable bonds is 9. The molecule has 2 aromatic carbocycles. The molecular weight excluding hydrogens is 600 g/mol. The van der Waals surface area contributed by atoms with Crippen molar-refractivity contribution in [2.24, 2.45) is 5.41 Å². The summed E-state index contributed by atoms with van der Waals surface area (Å²) in [5, 5.41) is 9.66. The van der Waals surface area contributed by atoms with Gasteiger partial charge < -0.3 is 14.8 Å². The molecule has 1 aliphatic heterocycles. The van der Waals surface area contributed by atoms with E-state index in [0.29, 0.717) is 53.0 Å². The van der Waals surface area contributed by atoms with Gasteiger partial charge in [0.05, 0.1) is 17.7 Å². The fourth-order valence-corrected chi connectivity index (χ4v) is 6.76. The Bertz CT molecular complexity index is 1440. The lowest BCUT2D eigenvalue weighted by Gasteiger charge is -2.38. The van der Waals surface area contributed by atoms with Gasteiger partial charge in [-0.2, -0.15) is 4.98 Å². The molecule has 2 heterocycles. The molecule has 5 rings (SSSR count). The van der Waals surface area contributed by atoms with Crippen LogP contribution in [0.25, 0.3) is 0 Å². The highest BCUT2D eigenvalue weighted by Crippen LogP contribution is 2.48. The molecule has 0 radical (unpaired) electrons. The predicted octanol–water partition coefficient (Wildman–Crippen LogP) is 7.83. The van der Waals surface area contributed by atoms with Crippen LogP contribution in [0, 0.1) is 5.41 Å². The predicted molar refractivity (Wildman–Crippen MR) is 159 cm³/mol. The minimum atomic E-state index is -0.447. The minimum absolute atomic E-state index is 0.116. The van der Waals surface area contributed by atoms with Gasteiger partial charge in [0.25, 0.3) is 0 Å². The van der Waals surface area contributed by atoms with E-state index in [2.05, 4.69) is 42.0 Å². The number of hydrogen-bond donors (Lipinski definition) is 1. The Hall–Kier alpha value is -2.49. The van der Waals surface area contributed by atoms with E-state index in [1.807, 2.05) is 48.0 Å². The van der Waals surface area contributed by atoms with Crippen LogP contribution in [-0.4, -0.2) is 33.8 Å². The molecule has 0 bridgehead atoms. The Morgan fingerprint density at radius 3 is 2.74 bits per heavy atom. The van der Waals surface area contributed by atoms with Gasteiger partial charge in [0.1, 0.15) is 6.04 Å². The number of carbonyl (C=O) groups is 1. The van der Waals surface area contributed by atoms with Crippen molar-refractivity contribution in [3.63, 3.8) is 0 Å². The molecule has 2 aliphatic rings. The maximum atomic E-state index is 13.6. The number of thioether (sulfide) groups is 1. The number of aromatic nitrogens is 3. The van der Waals surface area contributed by atoms with Crippen LogP contribution in [0.15, 0.2) is 57.3 Å². The first-order valence-electron chi connectivity index (χ1n) is 13.2. The summed E-state index contributed by atoms with van der Waals surface area (Å²) in [6, 6.07) is 11.3. The van der Waals surface area contributed by atoms with Crippen molar-refractivity contribution in [2.75, 3.05) is 18.5 Å². The van der Waals surface area contributed by atoms with E-state index in [-0.39, 0.29) is 11.2 Å². The van der Waals surface area contributed by atoms with Crippen molar-refractivity contribution < 1.29 is 14.3 Å². The first kappa shape index (κ1) is 28.1. The molecule has 7 nitrogen and oxygen atoms in total. The van der Waals surface area contributed by atoms with Crippen molar-refractivity contribution in [2.45, 2.75) is 63.9 Å². The molecule has 206 valence electrons. The Kier molecular flexibility index (Phi) is 8.31. The van der Waals surface area contributed by atoms with Crippen LogP contribution in [0.4, 0.5) is 5.95 Å². The molecule has 0 spiro atoms. The Morgan fingerprint density at radius 2 is 2.00 bits per heavy atom. The quantitative estimate of drug-likeness (QED) is 0.241. The molecule has 1 atom stereocenters. The lowest BCUT2D eigenvalue weighted by Crippen LogP contribution is -2.36. The number of fused-ring (bicyclic) bond motifs is 1. The minimum Gasteiger partial charge on any atom is -0.490 e. The maximum absolute atomic E-state index is 13.6. The summed E-state index contributed by atoms with van der Waals surface area (Å²) in [6.07, 6.45) is 2.10. The highest BCUT2D eigenvalue weighted by molar-refractivity contribution is 9.10. The molecule has 0 fully saturated rings. The SMILES string of the molecule is CCCOc1c(Br)cc(C2C3=C(CC(C)(C)CC3=O)Nc3nc(SCc4ccccc4Cl)nn32)cc1OCC. The number of nitrogens with zero attached hydrogens (tertiary/aromatic N) is 3. The van der Waals surface area contributed by atoms with Crippen molar-refractivity contribution in [3.8, 4) is 11.5 Å². The average Bonchev–Trinajstić information content (AvgIpc) is 3.28. The van der Waals surface area contributed by atoms with Gasteiger partial charge in [-0.3, -0.25) is 4.79 Å². The van der Waals surface area contributed by atoms with Gasteiger partial charge in [0.15, 0.2) is 17.3 Å². The normalized spacial score (nSPS) is 17.9.